The molecule has 94 valence electrons. The van der Waals surface area contributed by atoms with Crippen LogP contribution in [0.3, 0.4) is 0 Å². The summed E-state index contributed by atoms with van der Waals surface area (Å²) in [7, 11) is 0. The van der Waals surface area contributed by atoms with E-state index in [1.807, 2.05) is 0 Å². The molecule has 0 fully saturated rings. The highest BCUT2D eigenvalue weighted by molar-refractivity contribution is 6.30. The molecule has 0 amide bonds. The van der Waals surface area contributed by atoms with Crippen LogP contribution in [0.1, 0.15) is 5.56 Å². The second-order valence-electron chi connectivity index (χ2n) is 3.11. The lowest BCUT2D eigenvalue weighted by Gasteiger charge is -2.14. The summed E-state index contributed by atoms with van der Waals surface area (Å²) in [5.41, 5.74) is -2.77. The highest BCUT2D eigenvalue weighted by Crippen LogP contribution is 2.39. The highest BCUT2D eigenvalue weighted by Gasteiger charge is 2.50. The van der Waals surface area contributed by atoms with Gasteiger partial charge in [0.1, 0.15) is 5.57 Å². The van der Waals surface area contributed by atoms with E-state index in [1.54, 1.807) is 0 Å². The molecule has 0 unspecified atom stereocenters. The van der Waals surface area contributed by atoms with Crippen LogP contribution >= 0.6 is 11.6 Å². The first-order valence-electron chi connectivity index (χ1n) is 4.22. The second-order valence-corrected chi connectivity index (χ2v) is 3.54. The van der Waals surface area contributed by atoms with Crippen molar-refractivity contribution in [2.45, 2.75) is 12.4 Å². The lowest BCUT2D eigenvalue weighted by molar-refractivity contribution is -0.170. The maximum Gasteiger partial charge on any atom is 0.421 e. The summed E-state index contributed by atoms with van der Waals surface area (Å²) in [6, 6.07) is 4.55. The van der Waals surface area contributed by atoms with E-state index in [0.29, 0.717) is 0 Å². The number of halogens is 7. The topological polar surface area (TPSA) is 0 Å². The van der Waals surface area contributed by atoms with Crippen LogP contribution in [0.5, 0.6) is 0 Å². The van der Waals surface area contributed by atoms with Gasteiger partial charge in [0.25, 0.3) is 0 Å². The van der Waals surface area contributed by atoms with E-state index in [0.717, 1.165) is 12.1 Å². The van der Waals surface area contributed by atoms with Crippen molar-refractivity contribution in [1.29, 1.82) is 0 Å². The molecule has 0 spiro atoms. The molecule has 1 rings (SSSR count). The zero-order chi connectivity index (χ0) is 13.3. The van der Waals surface area contributed by atoms with Crippen LogP contribution in [0, 0.1) is 0 Å². The van der Waals surface area contributed by atoms with Gasteiger partial charge in [-0.3, -0.25) is 0 Å². The summed E-state index contributed by atoms with van der Waals surface area (Å²) in [6.45, 7) is 0. The van der Waals surface area contributed by atoms with E-state index in [1.165, 1.54) is 12.1 Å². The molecule has 0 aliphatic carbocycles. The van der Waals surface area contributed by atoms with E-state index < -0.39 is 17.9 Å². The SMILES string of the molecule is FC(F)(F)C(=Cc1ccc(Cl)cc1)C(F)(F)F. The molecule has 0 saturated carbocycles. The molecule has 0 bridgehead atoms. The van der Waals surface area contributed by atoms with Crippen molar-refractivity contribution in [3.8, 4) is 0 Å². The average Bonchev–Trinajstić information content (AvgIpc) is 2.13. The maximum absolute atomic E-state index is 12.2. The maximum atomic E-state index is 12.2. The van der Waals surface area contributed by atoms with Crippen LogP contribution in [0.4, 0.5) is 26.3 Å². The fourth-order valence-electron chi connectivity index (χ4n) is 1.05. The molecule has 0 heterocycles. The Balaban J connectivity index is 3.20. The summed E-state index contributed by atoms with van der Waals surface area (Å²) in [6.07, 6.45) is -10.9. The van der Waals surface area contributed by atoms with Crippen LogP contribution in [-0.4, -0.2) is 12.4 Å². The Labute approximate surface area is 97.5 Å². The summed E-state index contributed by atoms with van der Waals surface area (Å²) in [5.74, 6) is 0. The minimum absolute atomic E-state index is 0.0380. The Bertz CT molecular complexity index is 396. The van der Waals surface area contributed by atoms with Gasteiger partial charge in [0.15, 0.2) is 0 Å². The Hall–Kier alpha value is -1.17. The van der Waals surface area contributed by atoms with Crippen LogP contribution in [-0.2, 0) is 0 Å². The van der Waals surface area contributed by atoms with Gasteiger partial charge in [0.2, 0.25) is 0 Å². The van der Waals surface area contributed by atoms with Gasteiger partial charge in [-0.1, -0.05) is 23.7 Å². The van der Waals surface area contributed by atoms with Crippen molar-refractivity contribution in [2.24, 2.45) is 0 Å². The molecule has 0 aromatic heterocycles. The van der Waals surface area contributed by atoms with Crippen molar-refractivity contribution in [2.75, 3.05) is 0 Å². The minimum Gasteiger partial charge on any atom is -0.166 e. The smallest absolute Gasteiger partial charge is 0.166 e. The van der Waals surface area contributed by atoms with Crippen LogP contribution < -0.4 is 0 Å². The number of rotatable bonds is 1. The normalized spacial score (nSPS) is 12.4. The molecule has 1 aromatic rings. The first kappa shape index (κ1) is 13.9. The predicted octanol–water partition coefficient (Wildman–Crippen LogP) is 4.85. The van der Waals surface area contributed by atoms with Gasteiger partial charge in [-0.05, 0) is 23.8 Å². The summed E-state index contributed by atoms with van der Waals surface area (Å²) in [4.78, 5) is 0. The Morgan fingerprint density at radius 2 is 1.29 bits per heavy atom. The Kier molecular flexibility index (Phi) is 3.76. The molecule has 0 nitrogen and oxygen atoms in total. The van der Waals surface area contributed by atoms with Crippen molar-refractivity contribution < 1.29 is 26.3 Å². The highest BCUT2D eigenvalue weighted by atomic mass is 35.5. The Morgan fingerprint density at radius 3 is 1.65 bits per heavy atom. The van der Waals surface area contributed by atoms with Gasteiger partial charge in [-0.25, -0.2) is 0 Å². The first-order valence-corrected chi connectivity index (χ1v) is 4.60. The average molecular weight is 275 g/mol. The molecule has 0 N–H and O–H groups in total. The fourth-order valence-corrected chi connectivity index (χ4v) is 1.18. The number of hydrogen-bond acceptors (Lipinski definition) is 0. The van der Waals surface area contributed by atoms with E-state index >= 15 is 0 Å². The van der Waals surface area contributed by atoms with Crippen molar-refractivity contribution in [3.63, 3.8) is 0 Å². The van der Waals surface area contributed by atoms with E-state index in [-0.39, 0.29) is 16.7 Å². The predicted molar refractivity (Wildman–Crippen MR) is 51.5 cm³/mol. The standard InChI is InChI=1S/C10H5ClF6/c11-7-3-1-6(2-4-7)5-8(9(12,13)14)10(15,16)17/h1-5H. The summed E-state index contributed by atoms with van der Waals surface area (Å²) in [5, 5.41) is 0.225. The number of benzene rings is 1. The van der Waals surface area contributed by atoms with Gasteiger partial charge in [-0.15, -0.1) is 0 Å². The van der Waals surface area contributed by atoms with E-state index in [9.17, 15) is 26.3 Å². The van der Waals surface area contributed by atoms with Gasteiger partial charge in [0.05, 0.1) is 0 Å². The van der Waals surface area contributed by atoms with Crippen LogP contribution in [0.15, 0.2) is 29.8 Å². The molecule has 1 aromatic carbocycles. The molecule has 17 heavy (non-hydrogen) atoms. The molecule has 0 atom stereocenters. The van der Waals surface area contributed by atoms with Gasteiger partial charge >= 0.3 is 12.4 Å². The third kappa shape index (κ3) is 3.96. The van der Waals surface area contributed by atoms with Crippen LogP contribution in [0.25, 0.3) is 6.08 Å². The monoisotopic (exact) mass is 274 g/mol. The van der Waals surface area contributed by atoms with Crippen molar-refractivity contribution >= 4 is 17.7 Å². The van der Waals surface area contributed by atoms with Crippen LogP contribution in [0.2, 0.25) is 5.02 Å². The third-order valence-corrected chi connectivity index (χ3v) is 2.04. The quantitative estimate of drug-likeness (QED) is 0.642. The number of alkyl halides is 6. The molecule has 0 aliphatic rings. The fraction of sp³-hybridized carbons (Fsp3) is 0.200. The van der Waals surface area contributed by atoms with Crippen molar-refractivity contribution in [1.82, 2.24) is 0 Å². The first-order chi connectivity index (χ1) is 7.60. The number of allylic oxidation sites excluding steroid dienone is 1. The number of hydrogen-bond donors (Lipinski definition) is 0. The minimum atomic E-state index is -5.45. The van der Waals surface area contributed by atoms with Gasteiger partial charge in [0, 0.05) is 5.02 Å². The lowest BCUT2D eigenvalue weighted by atomic mass is 10.1. The van der Waals surface area contributed by atoms with E-state index in [4.69, 9.17) is 11.6 Å². The van der Waals surface area contributed by atoms with Crippen molar-refractivity contribution in [3.05, 3.63) is 40.4 Å². The lowest BCUT2D eigenvalue weighted by Crippen LogP contribution is -2.25. The second kappa shape index (κ2) is 4.60. The largest absolute Gasteiger partial charge is 0.421 e. The summed E-state index contributed by atoms with van der Waals surface area (Å²) < 4.78 is 73.0. The van der Waals surface area contributed by atoms with Gasteiger partial charge < -0.3 is 0 Å². The molecule has 0 radical (unpaired) electrons. The van der Waals surface area contributed by atoms with E-state index in [2.05, 4.69) is 0 Å². The molecular weight excluding hydrogens is 270 g/mol. The molecule has 0 saturated heterocycles. The zero-order valence-electron chi connectivity index (χ0n) is 8.03. The third-order valence-electron chi connectivity index (χ3n) is 1.79. The Morgan fingerprint density at radius 1 is 0.882 bits per heavy atom. The summed E-state index contributed by atoms with van der Waals surface area (Å²) >= 11 is 5.46. The molecule has 0 aliphatic heterocycles. The zero-order valence-corrected chi connectivity index (χ0v) is 8.79. The van der Waals surface area contributed by atoms with Gasteiger partial charge in [-0.2, -0.15) is 26.3 Å². The molecule has 7 heteroatoms. The molecular formula is C10H5ClF6.